The van der Waals surface area contributed by atoms with Crippen LogP contribution in [0.3, 0.4) is 0 Å². The van der Waals surface area contributed by atoms with Crippen molar-refractivity contribution in [1.29, 1.82) is 0 Å². The zero-order chi connectivity index (χ0) is 12.1. The van der Waals surface area contributed by atoms with Gasteiger partial charge >= 0.3 is 5.97 Å². The summed E-state index contributed by atoms with van der Waals surface area (Å²) in [6.45, 7) is 1.86. The molecule has 0 spiro atoms. The zero-order valence-electron chi connectivity index (χ0n) is 9.16. The van der Waals surface area contributed by atoms with Gasteiger partial charge < -0.3 is 15.7 Å². The molecule has 1 fully saturated rings. The van der Waals surface area contributed by atoms with Gasteiger partial charge in [-0.3, -0.25) is 14.4 Å². The van der Waals surface area contributed by atoms with Crippen molar-refractivity contribution in [1.82, 2.24) is 10.6 Å². The molecule has 16 heavy (non-hydrogen) atoms. The molecule has 1 aliphatic heterocycles. The molecule has 90 valence electrons. The number of rotatable bonds is 5. The molecule has 0 aliphatic carbocycles. The maximum atomic E-state index is 11.5. The second-order valence-corrected chi connectivity index (χ2v) is 3.85. The average Bonchev–Trinajstić information content (AvgIpc) is 2.65. The van der Waals surface area contributed by atoms with Gasteiger partial charge in [-0.25, -0.2) is 0 Å². The van der Waals surface area contributed by atoms with Crippen molar-refractivity contribution in [2.24, 2.45) is 5.92 Å². The molecule has 2 atom stereocenters. The van der Waals surface area contributed by atoms with Crippen LogP contribution in [-0.4, -0.2) is 35.5 Å². The Morgan fingerprint density at radius 1 is 1.62 bits per heavy atom. The summed E-state index contributed by atoms with van der Waals surface area (Å²) < 4.78 is 0. The Bertz CT molecular complexity index is 303. The molecule has 1 heterocycles. The van der Waals surface area contributed by atoms with Gasteiger partial charge in [0.05, 0.1) is 5.92 Å². The second kappa shape index (κ2) is 5.48. The topological polar surface area (TPSA) is 95.5 Å². The number of nitrogens with one attached hydrogen (secondary N) is 2. The van der Waals surface area contributed by atoms with Crippen LogP contribution in [-0.2, 0) is 14.4 Å². The predicted octanol–water partition coefficient (Wildman–Crippen LogP) is -0.508. The third-order valence-electron chi connectivity index (χ3n) is 2.68. The van der Waals surface area contributed by atoms with Crippen LogP contribution >= 0.6 is 0 Å². The molecular formula is C10H16N2O4. The summed E-state index contributed by atoms with van der Waals surface area (Å²) in [7, 11) is 0. The molecule has 2 amide bonds. The van der Waals surface area contributed by atoms with Gasteiger partial charge in [0.15, 0.2) is 0 Å². The lowest BCUT2D eigenvalue weighted by molar-refractivity contribution is -0.141. The van der Waals surface area contributed by atoms with E-state index in [1.807, 2.05) is 0 Å². The maximum absolute atomic E-state index is 11.5. The highest BCUT2D eigenvalue weighted by atomic mass is 16.4. The van der Waals surface area contributed by atoms with E-state index < -0.39 is 17.9 Å². The first-order chi connectivity index (χ1) is 7.54. The Morgan fingerprint density at radius 3 is 2.75 bits per heavy atom. The van der Waals surface area contributed by atoms with E-state index in [0.717, 1.165) is 0 Å². The van der Waals surface area contributed by atoms with Crippen LogP contribution in [0.4, 0.5) is 0 Å². The van der Waals surface area contributed by atoms with Gasteiger partial charge in [-0.15, -0.1) is 0 Å². The quantitative estimate of drug-likeness (QED) is 0.590. The highest BCUT2D eigenvalue weighted by Crippen LogP contribution is 2.07. The SMILES string of the molecule is CCC(CNC(=O)[C@@H]1CCC(=O)N1)C(=O)O. The van der Waals surface area contributed by atoms with E-state index in [1.165, 1.54) is 0 Å². The fourth-order valence-corrected chi connectivity index (χ4v) is 1.56. The van der Waals surface area contributed by atoms with E-state index in [4.69, 9.17) is 5.11 Å². The highest BCUT2D eigenvalue weighted by molar-refractivity contribution is 5.90. The standard InChI is InChI=1S/C10H16N2O4/c1-2-6(10(15)16)5-11-9(14)7-3-4-8(13)12-7/h6-7H,2-5H2,1H3,(H,11,14)(H,12,13)(H,15,16)/t6?,7-/m0/s1. The van der Waals surface area contributed by atoms with Crippen molar-refractivity contribution in [3.63, 3.8) is 0 Å². The molecule has 0 aromatic heterocycles. The van der Waals surface area contributed by atoms with E-state index in [0.29, 0.717) is 19.3 Å². The van der Waals surface area contributed by atoms with Crippen molar-refractivity contribution in [3.8, 4) is 0 Å². The van der Waals surface area contributed by atoms with E-state index in [1.54, 1.807) is 6.92 Å². The molecular weight excluding hydrogens is 212 g/mol. The molecule has 1 saturated heterocycles. The molecule has 0 saturated carbocycles. The average molecular weight is 228 g/mol. The predicted molar refractivity (Wildman–Crippen MR) is 55.6 cm³/mol. The summed E-state index contributed by atoms with van der Waals surface area (Å²) in [6, 6.07) is -0.501. The number of carbonyl (C=O) groups is 3. The summed E-state index contributed by atoms with van der Waals surface area (Å²) in [5, 5.41) is 13.8. The lowest BCUT2D eigenvalue weighted by Crippen LogP contribution is -2.44. The number of aliphatic carboxylic acids is 1. The van der Waals surface area contributed by atoms with Crippen LogP contribution < -0.4 is 10.6 Å². The maximum Gasteiger partial charge on any atom is 0.308 e. The fraction of sp³-hybridized carbons (Fsp3) is 0.700. The summed E-state index contributed by atoms with van der Waals surface area (Å²) >= 11 is 0. The highest BCUT2D eigenvalue weighted by Gasteiger charge is 2.27. The van der Waals surface area contributed by atoms with Gasteiger partial charge in [-0.1, -0.05) is 6.92 Å². The number of hydrogen-bond acceptors (Lipinski definition) is 3. The van der Waals surface area contributed by atoms with Crippen LogP contribution in [0.5, 0.6) is 0 Å². The number of hydrogen-bond donors (Lipinski definition) is 3. The van der Waals surface area contributed by atoms with Crippen molar-refractivity contribution in [2.75, 3.05) is 6.54 Å². The number of carboxylic acids is 1. The molecule has 1 rings (SSSR count). The van der Waals surface area contributed by atoms with Gasteiger partial charge in [0, 0.05) is 13.0 Å². The Labute approximate surface area is 93.4 Å². The summed E-state index contributed by atoms with van der Waals surface area (Å²) in [5.41, 5.74) is 0. The minimum absolute atomic E-state index is 0.108. The third kappa shape index (κ3) is 3.22. The molecule has 6 nitrogen and oxygen atoms in total. The largest absolute Gasteiger partial charge is 0.481 e. The number of amides is 2. The molecule has 0 bridgehead atoms. The Balaban J connectivity index is 2.34. The van der Waals surface area contributed by atoms with Gasteiger partial charge in [0.1, 0.15) is 6.04 Å². The second-order valence-electron chi connectivity index (χ2n) is 3.85. The van der Waals surface area contributed by atoms with Crippen LogP contribution in [0, 0.1) is 5.92 Å². The lowest BCUT2D eigenvalue weighted by atomic mass is 10.1. The Hall–Kier alpha value is -1.59. The first kappa shape index (κ1) is 12.5. The molecule has 3 N–H and O–H groups in total. The zero-order valence-corrected chi connectivity index (χ0v) is 9.16. The van der Waals surface area contributed by atoms with Gasteiger partial charge in [0.25, 0.3) is 0 Å². The number of carboxylic acid groups (broad SMARTS) is 1. The van der Waals surface area contributed by atoms with Gasteiger partial charge in [-0.05, 0) is 12.8 Å². The van der Waals surface area contributed by atoms with E-state index >= 15 is 0 Å². The molecule has 1 aliphatic rings. The summed E-state index contributed by atoms with van der Waals surface area (Å²) in [5.74, 6) is -1.92. The number of carbonyl (C=O) groups excluding carboxylic acids is 2. The van der Waals surface area contributed by atoms with Crippen molar-refractivity contribution >= 4 is 17.8 Å². The lowest BCUT2D eigenvalue weighted by Gasteiger charge is -2.14. The van der Waals surface area contributed by atoms with Crippen LogP contribution in [0.2, 0.25) is 0 Å². The third-order valence-corrected chi connectivity index (χ3v) is 2.68. The van der Waals surface area contributed by atoms with Crippen molar-refractivity contribution in [2.45, 2.75) is 32.2 Å². The van der Waals surface area contributed by atoms with E-state index in [9.17, 15) is 14.4 Å². The minimum Gasteiger partial charge on any atom is -0.481 e. The smallest absolute Gasteiger partial charge is 0.308 e. The van der Waals surface area contributed by atoms with E-state index in [-0.39, 0.29) is 18.4 Å². The minimum atomic E-state index is -0.918. The molecule has 0 aromatic rings. The van der Waals surface area contributed by atoms with Crippen molar-refractivity contribution < 1.29 is 19.5 Å². The fourth-order valence-electron chi connectivity index (χ4n) is 1.56. The molecule has 6 heteroatoms. The van der Waals surface area contributed by atoms with Gasteiger partial charge in [-0.2, -0.15) is 0 Å². The van der Waals surface area contributed by atoms with E-state index in [2.05, 4.69) is 10.6 Å². The van der Waals surface area contributed by atoms with Crippen molar-refractivity contribution in [3.05, 3.63) is 0 Å². The Kier molecular flexibility index (Phi) is 4.28. The van der Waals surface area contributed by atoms with Crippen LogP contribution in [0.1, 0.15) is 26.2 Å². The van der Waals surface area contributed by atoms with Crippen LogP contribution in [0.25, 0.3) is 0 Å². The van der Waals surface area contributed by atoms with Crippen LogP contribution in [0.15, 0.2) is 0 Å². The Morgan fingerprint density at radius 2 is 2.31 bits per heavy atom. The normalized spacial score (nSPS) is 21.3. The van der Waals surface area contributed by atoms with Gasteiger partial charge in [0.2, 0.25) is 11.8 Å². The molecule has 1 unspecified atom stereocenters. The monoisotopic (exact) mass is 228 g/mol. The first-order valence-electron chi connectivity index (χ1n) is 5.34. The first-order valence-corrected chi connectivity index (χ1v) is 5.34. The molecule has 0 aromatic carbocycles. The summed E-state index contributed by atoms with van der Waals surface area (Å²) in [4.78, 5) is 33.1. The molecule has 0 radical (unpaired) electrons. The summed E-state index contributed by atoms with van der Waals surface area (Å²) in [6.07, 6.45) is 1.30.